The van der Waals surface area contributed by atoms with Crippen LogP contribution in [-0.2, 0) is 4.79 Å². The van der Waals surface area contributed by atoms with Crippen molar-refractivity contribution in [1.29, 1.82) is 0 Å². The van der Waals surface area contributed by atoms with Crippen molar-refractivity contribution in [2.45, 2.75) is 31.1 Å². The van der Waals surface area contributed by atoms with Crippen LogP contribution in [0, 0.1) is 0 Å². The van der Waals surface area contributed by atoms with E-state index in [4.69, 9.17) is 0 Å². The quantitative estimate of drug-likeness (QED) is 0.778. The Morgan fingerprint density at radius 1 is 1.67 bits per heavy atom. The zero-order valence-electron chi connectivity index (χ0n) is 7.98. The number of hydrogen-bond donors (Lipinski definition) is 1. The Balaban J connectivity index is 3.85. The summed E-state index contributed by atoms with van der Waals surface area (Å²) in [5.74, 6) is 0.999. The van der Waals surface area contributed by atoms with Gasteiger partial charge in [-0.15, -0.1) is 0 Å². The third kappa shape index (κ3) is 5.04. The zero-order valence-corrected chi connectivity index (χ0v) is 10.4. The fraction of sp³-hybridized carbons (Fsp3) is 0.875. The maximum atomic E-state index is 11.4. The largest absolute Gasteiger partial charge is 0.352 e. The number of nitrogens with one attached hydrogen (secondary N) is 1. The van der Waals surface area contributed by atoms with Crippen LogP contribution < -0.4 is 5.32 Å². The summed E-state index contributed by atoms with van der Waals surface area (Å²) in [5, 5.41) is 2.91. The van der Waals surface area contributed by atoms with Crippen LogP contribution in [0.2, 0.25) is 0 Å². The van der Waals surface area contributed by atoms with Crippen molar-refractivity contribution in [3.8, 4) is 0 Å². The molecule has 0 aliphatic carbocycles. The molecule has 1 unspecified atom stereocenters. The Hall–Kier alpha value is 0.300. The summed E-state index contributed by atoms with van der Waals surface area (Å²) in [6.07, 6.45) is 2.03. The van der Waals surface area contributed by atoms with Crippen LogP contribution in [0.3, 0.4) is 0 Å². The molecule has 0 spiro atoms. The molecular weight excluding hydrogens is 238 g/mol. The van der Waals surface area contributed by atoms with Gasteiger partial charge in [-0.2, -0.15) is 11.8 Å². The summed E-state index contributed by atoms with van der Waals surface area (Å²) in [4.78, 5) is 11.4. The van der Waals surface area contributed by atoms with E-state index in [1.807, 2.05) is 27.0 Å². The molecule has 1 atom stereocenters. The predicted molar refractivity (Wildman–Crippen MR) is 59.0 cm³/mol. The Bertz CT molecular complexity index is 156. The van der Waals surface area contributed by atoms with Crippen molar-refractivity contribution >= 4 is 33.6 Å². The minimum Gasteiger partial charge on any atom is -0.352 e. The molecule has 2 nitrogen and oxygen atoms in total. The molecule has 0 rings (SSSR count). The fourth-order valence-corrected chi connectivity index (χ4v) is 1.38. The highest BCUT2D eigenvalue weighted by molar-refractivity contribution is 9.10. The molecule has 0 radical (unpaired) electrons. The van der Waals surface area contributed by atoms with Gasteiger partial charge in [-0.25, -0.2) is 0 Å². The number of hydrogen-bond acceptors (Lipinski definition) is 2. The van der Waals surface area contributed by atoms with E-state index in [1.165, 1.54) is 0 Å². The van der Waals surface area contributed by atoms with Gasteiger partial charge in [0.15, 0.2) is 0 Å². The minimum atomic E-state index is -0.459. The van der Waals surface area contributed by atoms with Gasteiger partial charge >= 0.3 is 0 Å². The lowest BCUT2D eigenvalue weighted by atomic mass is 10.2. The summed E-state index contributed by atoms with van der Waals surface area (Å²) in [6, 6.07) is 0.240. The lowest BCUT2D eigenvalue weighted by molar-refractivity contribution is -0.122. The summed E-state index contributed by atoms with van der Waals surface area (Å²) >= 11 is 5.04. The first kappa shape index (κ1) is 12.3. The number of thioether (sulfide) groups is 1. The SMILES string of the molecule is CSCC(C)NC(=O)C(C)(C)Br. The average molecular weight is 254 g/mol. The monoisotopic (exact) mass is 253 g/mol. The van der Waals surface area contributed by atoms with Gasteiger partial charge in [-0.3, -0.25) is 4.79 Å². The van der Waals surface area contributed by atoms with Gasteiger partial charge in [-0.1, -0.05) is 15.9 Å². The second kappa shape index (κ2) is 5.12. The normalized spacial score (nSPS) is 14.1. The smallest absolute Gasteiger partial charge is 0.236 e. The molecule has 0 saturated carbocycles. The molecule has 1 N–H and O–H groups in total. The van der Waals surface area contributed by atoms with Crippen molar-refractivity contribution in [3.05, 3.63) is 0 Å². The van der Waals surface area contributed by atoms with Crippen LogP contribution in [0.4, 0.5) is 0 Å². The minimum absolute atomic E-state index is 0.0454. The van der Waals surface area contributed by atoms with Gasteiger partial charge in [0, 0.05) is 11.8 Å². The van der Waals surface area contributed by atoms with E-state index >= 15 is 0 Å². The average Bonchev–Trinajstić information content (AvgIpc) is 1.85. The number of amides is 1. The van der Waals surface area contributed by atoms with E-state index in [1.54, 1.807) is 11.8 Å². The van der Waals surface area contributed by atoms with Crippen LogP contribution in [0.5, 0.6) is 0 Å². The maximum absolute atomic E-state index is 11.4. The van der Waals surface area contributed by atoms with E-state index < -0.39 is 4.32 Å². The summed E-state index contributed by atoms with van der Waals surface area (Å²) in [5.41, 5.74) is 0. The summed E-state index contributed by atoms with van der Waals surface area (Å²) in [7, 11) is 0. The molecule has 0 aromatic carbocycles. The lowest BCUT2D eigenvalue weighted by Gasteiger charge is -2.19. The number of rotatable bonds is 4. The Labute approximate surface area is 87.0 Å². The van der Waals surface area contributed by atoms with Crippen molar-refractivity contribution in [3.63, 3.8) is 0 Å². The van der Waals surface area contributed by atoms with Crippen LogP contribution >= 0.6 is 27.7 Å². The van der Waals surface area contributed by atoms with Crippen LogP contribution in [-0.4, -0.2) is 28.3 Å². The van der Waals surface area contributed by atoms with E-state index in [-0.39, 0.29) is 11.9 Å². The Kier molecular flexibility index (Phi) is 5.25. The highest BCUT2D eigenvalue weighted by atomic mass is 79.9. The van der Waals surface area contributed by atoms with E-state index in [0.29, 0.717) is 0 Å². The van der Waals surface area contributed by atoms with Crippen LogP contribution in [0.1, 0.15) is 20.8 Å². The first-order chi connectivity index (χ1) is 5.38. The fourth-order valence-electron chi connectivity index (χ4n) is 0.687. The molecular formula is C8H16BrNOS. The first-order valence-corrected chi connectivity index (χ1v) is 6.05. The highest BCUT2D eigenvalue weighted by Gasteiger charge is 2.24. The number of carbonyl (C=O) groups excluding carboxylic acids is 1. The molecule has 12 heavy (non-hydrogen) atoms. The van der Waals surface area contributed by atoms with Crippen molar-refractivity contribution in [1.82, 2.24) is 5.32 Å². The second-order valence-electron chi connectivity index (χ2n) is 3.30. The van der Waals surface area contributed by atoms with Crippen molar-refractivity contribution < 1.29 is 4.79 Å². The van der Waals surface area contributed by atoms with Gasteiger partial charge < -0.3 is 5.32 Å². The molecule has 1 amide bonds. The molecule has 0 aromatic rings. The predicted octanol–water partition coefficient (Wildman–Crippen LogP) is 2.03. The van der Waals surface area contributed by atoms with Crippen molar-refractivity contribution in [2.75, 3.05) is 12.0 Å². The summed E-state index contributed by atoms with van der Waals surface area (Å²) < 4.78 is -0.459. The van der Waals surface area contributed by atoms with Gasteiger partial charge in [-0.05, 0) is 27.0 Å². The van der Waals surface area contributed by atoms with Crippen LogP contribution in [0.15, 0.2) is 0 Å². The molecule has 0 aliphatic rings. The number of alkyl halides is 1. The van der Waals surface area contributed by atoms with E-state index in [9.17, 15) is 4.79 Å². The lowest BCUT2D eigenvalue weighted by Crippen LogP contribution is -2.43. The zero-order chi connectivity index (χ0) is 9.78. The Morgan fingerprint density at radius 2 is 2.17 bits per heavy atom. The van der Waals surface area contributed by atoms with Gasteiger partial charge in [0.05, 0.1) is 4.32 Å². The molecule has 72 valence electrons. The molecule has 0 aliphatic heterocycles. The molecule has 0 aromatic heterocycles. The van der Waals surface area contributed by atoms with Gasteiger partial charge in [0.25, 0.3) is 0 Å². The molecule has 0 saturated heterocycles. The molecule has 0 heterocycles. The second-order valence-corrected chi connectivity index (χ2v) is 6.20. The highest BCUT2D eigenvalue weighted by Crippen LogP contribution is 2.15. The number of halogens is 1. The van der Waals surface area contributed by atoms with Gasteiger partial charge in [0.1, 0.15) is 0 Å². The summed E-state index contributed by atoms with van der Waals surface area (Å²) in [6.45, 7) is 5.69. The molecule has 0 bridgehead atoms. The first-order valence-electron chi connectivity index (χ1n) is 3.86. The van der Waals surface area contributed by atoms with E-state index in [2.05, 4.69) is 21.2 Å². The number of carbonyl (C=O) groups is 1. The van der Waals surface area contributed by atoms with E-state index in [0.717, 1.165) is 5.75 Å². The third-order valence-electron chi connectivity index (χ3n) is 1.33. The molecule has 4 heteroatoms. The maximum Gasteiger partial charge on any atom is 0.236 e. The standard InChI is InChI=1S/C8H16BrNOS/c1-6(5-12-4)10-7(11)8(2,3)9/h6H,5H2,1-4H3,(H,10,11). The van der Waals surface area contributed by atoms with Crippen LogP contribution in [0.25, 0.3) is 0 Å². The Morgan fingerprint density at radius 3 is 2.50 bits per heavy atom. The van der Waals surface area contributed by atoms with Crippen molar-refractivity contribution in [2.24, 2.45) is 0 Å². The van der Waals surface area contributed by atoms with Gasteiger partial charge in [0.2, 0.25) is 5.91 Å². The third-order valence-corrected chi connectivity index (χ3v) is 2.53. The topological polar surface area (TPSA) is 29.1 Å². The molecule has 0 fully saturated rings.